The van der Waals surface area contributed by atoms with E-state index in [1.165, 1.54) is 95.9 Å². The summed E-state index contributed by atoms with van der Waals surface area (Å²) in [5, 5.41) is 0. The van der Waals surface area contributed by atoms with E-state index in [4.69, 9.17) is 9.31 Å². The van der Waals surface area contributed by atoms with Gasteiger partial charge in [-0.25, -0.2) is 0 Å². The molecular weight excluding hydrogens is 559 g/mol. The third-order valence-corrected chi connectivity index (χ3v) is 12.7. The van der Waals surface area contributed by atoms with Crippen molar-refractivity contribution < 1.29 is 9.31 Å². The predicted molar refractivity (Wildman–Crippen MR) is 193 cm³/mol. The first-order valence-corrected chi connectivity index (χ1v) is 18.0. The highest BCUT2D eigenvalue weighted by Crippen LogP contribution is 2.52. The summed E-state index contributed by atoms with van der Waals surface area (Å²) in [6, 6.07) is 32.9. The maximum atomic E-state index is 6.44. The number of hydrogen-bond acceptors (Lipinski definition) is 2. The molecule has 4 fully saturated rings. The molecule has 46 heavy (non-hydrogen) atoms. The lowest BCUT2D eigenvalue weighted by Crippen LogP contribution is -2.41. The molecule has 1 aliphatic heterocycles. The normalized spacial score (nSPS) is 25.5. The summed E-state index contributed by atoms with van der Waals surface area (Å²) in [5.41, 5.74) is 13.3. The van der Waals surface area contributed by atoms with Crippen LogP contribution in [0.5, 0.6) is 0 Å². The number of rotatable bonds is 7. The Kier molecular flexibility index (Phi) is 7.38. The van der Waals surface area contributed by atoms with Gasteiger partial charge in [-0.05, 0) is 146 Å². The van der Waals surface area contributed by atoms with Gasteiger partial charge in [-0.15, -0.1) is 0 Å². The molecule has 0 spiro atoms. The number of unbranched alkanes of at least 4 members (excludes halogenated alkanes) is 1. The van der Waals surface area contributed by atoms with Gasteiger partial charge in [0, 0.05) is 5.92 Å². The average molecular weight is 609 g/mol. The molecule has 0 radical (unpaired) electrons. The highest BCUT2D eigenvalue weighted by atomic mass is 16.7. The molecule has 1 unspecified atom stereocenters. The Morgan fingerprint density at radius 2 is 1.13 bits per heavy atom. The third-order valence-electron chi connectivity index (χ3n) is 12.7. The minimum Gasteiger partial charge on any atom is -0.399 e. The van der Waals surface area contributed by atoms with Crippen LogP contribution in [0.1, 0.15) is 115 Å². The molecule has 3 saturated carbocycles. The van der Waals surface area contributed by atoms with Gasteiger partial charge in [0.1, 0.15) is 0 Å². The molecular formula is C43H49BO2. The van der Waals surface area contributed by atoms with Crippen LogP contribution in [-0.2, 0) is 14.7 Å². The fourth-order valence-corrected chi connectivity index (χ4v) is 8.96. The molecule has 236 valence electrons. The Morgan fingerprint density at radius 1 is 0.630 bits per heavy atom. The van der Waals surface area contributed by atoms with Crippen molar-refractivity contribution in [3.63, 3.8) is 0 Å². The van der Waals surface area contributed by atoms with Crippen molar-refractivity contribution in [1.82, 2.24) is 0 Å². The van der Waals surface area contributed by atoms with Crippen LogP contribution in [0.3, 0.4) is 0 Å². The van der Waals surface area contributed by atoms with Crippen molar-refractivity contribution in [3.05, 3.63) is 102 Å². The van der Waals surface area contributed by atoms with E-state index in [9.17, 15) is 0 Å². The molecule has 0 aromatic heterocycles. The number of hydrogen-bond donors (Lipinski definition) is 0. The third kappa shape index (κ3) is 5.01. The molecule has 4 aromatic carbocycles. The fourth-order valence-electron chi connectivity index (χ4n) is 8.96. The van der Waals surface area contributed by atoms with Gasteiger partial charge in [0.25, 0.3) is 0 Å². The van der Waals surface area contributed by atoms with Crippen LogP contribution in [0.25, 0.3) is 33.4 Å². The molecule has 9 rings (SSSR count). The highest BCUT2D eigenvalue weighted by Gasteiger charge is 2.52. The van der Waals surface area contributed by atoms with E-state index in [-0.39, 0.29) is 18.3 Å². The summed E-state index contributed by atoms with van der Waals surface area (Å²) < 4.78 is 12.9. The van der Waals surface area contributed by atoms with Crippen molar-refractivity contribution in [3.8, 4) is 33.4 Å². The standard InChI is InChI=1S/C43H49BO2/c1-6-7-8-36-39-27-33(15-19-37(39)38-20-18-35(28-40(36)38)44-45-41(2,3)42(4,5)46-44)32-11-9-30(10-12-32)31-13-16-34(17-14-31)43-24-21-29(22-25-43)23-26-43/h9-20,27-29,36H,6-8,21-26H2,1-5H3. The Labute approximate surface area is 277 Å². The van der Waals surface area contributed by atoms with E-state index >= 15 is 0 Å². The van der Waals surface area contributed by atoms with Crippen molar-refractivity contribution in [1.29, 1.82) is 0 Å². The zero-order valence-corrected chi connectivity index (χ0v) is 28.5. The summed E-state index contributed by atoms with van der Waals surface area (Å²) in [6.45, 7) is 10.8. The quantitative estimate of drug-likeness (QED) is 0.194. The van der Waals surface area contributed by atoms with E-state index in [0.717, 1.165) is 17.8 Å². The molecule has 2 nitrogen and oxygen atoms in total. The first kappa shape index (κ1) is 30.2. The van der Waals surface area contributed by atoms with Crippen LogP contribution in [0.2, 0.25) is 0 Å². The molecule has 2 bridgehead atoms. The Bertz CT molecular complexity index is 1710. The van der Waals surface area contributed by atoms with Gasteiger partial charge in [-0.2, -0.15) is 0 Å². The van der Waals surface area contributed by atoms with Crippen LogP contribution in [-0.4, -0.2) is 18.3 Å². The highest BCUT2D eigenvalue weighted by molar-refractivity contribution is 6.62. The zero-order chi connectivity index (χ0) is 31.7. The summed E-state index contributed by atoms with van der Waals surface area (Å²) >= 11 is 0. The van der Waals surface area contributed by atoms with Crippen molar-refractivity contribution in [2.45, 2.75) is 115 Å². The van der Waals surface area contributed by atoms with Gasteiger partial charge in [0.15, 0.2) is 0 Å². The molecule has 0 N–H and O–H groups in total. The maximum Gasteiger partial charge on any atom is 0.494 e. The van der Waals surface area contributed by atoms with Gasteiger partial charge in [0.2, 0.25) is 0 Å². The number of benzene rings is 4. The van der Waals surface area contributed by atoms with Crippen molar-refractivity contribution >= 4 is 12.6 Å². The molecule has 4 aliphatic carbocycles. The van der Waals surface area contributed by atoms with E-state index in [0.29, 0.717) is 11.3 Å². The zero-order valence-electron chi connectivity index (χ0n) is 28.5. The number of fused-ring (bicyclic) bond motifs is 6. The molecule has 0 amide bonds. The summed E-state index contributed by atoms with van der Waals surface area (Å²) in [6.07, 6.45) is 12.0. The second kappa shape index (κ2) is 11.2. The van der Waals surface area contributed by atoms with Gasteiger partial charge in [0.05, 0.1) is 11.2 Å². The molecule has 5 aliphatic rings. The smallest absolute Gasteiger partial charge is 0.399 e. The van der Waals surface area contributed by atoms with Crippen molar-refractivity contribution in [2.24, 2.45) is 5.92 Å². The second-order valence-electron chi connectivity index (χ2n) is 15.8. The monoisotopic (exact) mass is 608 g/mol. The molecule has 3 heteroatoms. The lowest BCUT2D eigenvalue weighted by atomic mass is 9.58. The van der Waals surface area contributed by atoms with Gasteiger partial charge in [-0.1, -0.05) is 98.6 Å². The fraction of sp³-hybridized carbons (Fsp3) is 0.442. The molecule has 1 saturated heterocycles. The van der Waals surface area contributed by atoms with Gasteiger partial charge < -0.3 is 9.31 Å². The van der Waals surface area contributed by atoms with Crippen LogP contribution in [0.4, 0.5) is 0 Å². The summed E-state index contributed by atoms with van der Waals surface area (Å²) in [4.78, 5) is 0. The first-order valence-electron chi connectivity index (χ1n) is 18.0. The van der Waals surface area contributed by atoms with Crippen LogP contribution in [0, 0.1) is 5.92 Å². The van der Waals surface area contributed by atoms with Gasteiger partial charge >= 0.3 is 7.12 Å². The average Bonchev–Trinajstić information content (AvgIpc) is 3.51. The van der Waals surface area contributed by atoms with E-state index in [1.54, 1.807) is 5.56 Å². The minimum absolute atomic E-state index is 0.335. The van der Waals surface area contributed by atoms with E-state index in [2.05, 4.69) is 120 Å². The largest absolute Gasteiger partial charge is 0.494 e. The SMILES string of the molecule is CCCCC1c2cc(B3OC(C)(C)C(C)(C)O3)ccc2-c2ccc(-c3ccc(-c4ccc(C56CCC(CC5)CC6)cc4)cc3)cc21. The Balaban J connectivity index is 1.05. The van der Waals surface area contributed by atoms with Crippen molar-refractivity contribution in [2.75, 3.05) is 0 Å². The Hall–Kier alpha value is -3.14. The van der Waals surface area contributed by atoms with Gasteiger partial charge in [-0.3, -0.25) is 0 Å². The van der Waals surface area contributed by atoms with E-state index < -0.39 is 0 Å². The second-order valence-corrected chi connectivity index (χ2v) is 15.8. The minimum atomic E-state index is -0.344. The molecule has 1 atom stereocenters. The van der Waals surface area contributed by atoms with Crippen LogP contribution < -0.4 is 5.46 Å². The Morgan fingerprint density at radius 3 is 1.72 bits per heavy atom. The maximum absolute atomic E-state index is 6.44. The van der Waals surface area contributed by atoms with E-state index in [1.807, 2.05) is 0 Å². The molecule has 1 heterocycles. The summed E-state index contributed by atoms with van der Waals surface area (Å²) in [7, 11) is -0.335. The van der Waals surface area contributed by atoms with Crippen LogP contribution >= 0.6 is 0 Å². The molecule has 4 aromatic rings. The topological polar surface area (TPSA) is 18.5 Å². The lowest BCUT2D eigenvalue weighted by Gasteiger charge is -2.47. The lowest BCUT2D eigenvalue weighted by molar-refractivity contribution is 0.00578. The van der Waals surface area contributed by atoms with Crippen LogP contribution in [0.15, 0.2) is 84.9 Å². The first-order chi connectivity index (χ1) is 22.2. The predicted octanol–water partition coefficient (Wildman–Crippen LogP) is 10.8. The summed E-state index contributed by atoms with van der Waals surface area (Å²) in [5.74, 6) is 1.40.